The Balaban J connectivity index is 2.24. The summed E-state index contributed by atoms with van der Waals surface area (Å²) in [6.07, 6.45) is 0.611. The van der Waals surface area contributed by atoms with Crippen LogP contribution < -0.4 is 10.5 Å². The highest BCUT2D eigenvalue weighted by molar-refractivity contribution is 7.89. The van der Waals surface area contributed by atoms with Crippen LogP contribution in [-0.2, 0) is 23.0 Å². The molecule has 0 unspecified atom stereocenters. The standard InChI is InChI=1S/C13H17N3O3S/c1-3-10-4-5-11(14)7-13(10)20(17,18)15-8-12-6-9(2)19-16-12/h4-7,15H,3,8,14H2,1-2H3. The van der Waals surface area contributed by atoms with Gasteiger partial charge >= 0.3 is 0 Å². The normalized spacial score (nSPS) is 11.7. The van der Waals surface area contributed by atoms with Crippen LogP contribution in [0.5, 0.6) is 0 Å². The molecule has 0 saturated carbocycles. The number of anilines is 1. The smallest absolute Gasteiger partial charge is 0.241 e. The predicted molar refractivity (Wildman–Crippen MR) is 75.5 cm³/mol. The molecule has 0 amide bonds. The first-order valence-electron chi connectivity index (χ1n) is 6.22. The number of nitrogens with two attached hydrogens (primary N) is 1. The fourth-order valence-electron chi connectivity index (χ4n) is 1.86. The van der Waals surface area contributed by atoms with E-state index in [1.54, 1.807) is 25.1 Å². The fraction of sp³-hybridized carbons (Fsp3) is 0.308. The van der Waals surface area contributed by atoms with Gasteiger partial charge in [-0.3, -0.25) is 0 Å². The number of rotatable bonds is 5. The van der Waals surface area contributed by atoms with E-state index in [1.165, 1.54) is 6.07 Å². The van der Waals surface area contributed by atoms with Gasteiger partial charge in [-0.2, -0.15) is 0 Å². The fourth-order valence-corrected chi connectivity index (χ4v) is 3.20. The summed E-state index contributed by atoms with van der Waals surface area (Å²) < 4.78 is 32.0. The van der Waals surface area contributed by atoms with Crippen molar-refractivity contribution in [2.24, 2.45) is 0 Å². The van der Waals surface area contributed by atoms with Crippen molar-refractivity contribution in [2.45, 2.75) is 31.7 Å². The predicted octanol–water partition coefficient (Wildman–Crippen LogP) is 1.61. The third kappa shape index (κ3) is 3.17. The van der Waals surface area contributed by atoms with E-state index in [9.17, 15) is 8.42 Å². The van der Waals surface area contributed by atoms with Crippen LogP contribution in [0, 0.1) is 6.92 Å². The van der Waals surface area contributed by atoms with Crippen LogP contribution in [0.4, 0.5) is 5.69 Å². The van der Waals surface area contributed by atoms with Crippen molar-refractivity contribution in [1.82, 2.24) is 9.88 Å². The molecule has 0 atom stereocenters. The van der Waals surface area contributed by atoms with Crippen LogP contribution >= 0.6 is 0 Å². The topological polar surface area (TPSA) is 98.2 Å². The zero-order chi connectivity index (χ0) is 14.8. The van der Waals surface area contributed by atoms with Crippen molar-refractivity contribution in [1.29, 1.82) is 0 Å². The number of nitrogen functional groups attached to an aromatic ring is 1. The maximum atomic E-state index is 12.3. The first-order valence-corrected chi connectivity index (χ1v) is 7.71. The lowest BCUT2D eigenvalue weighted by Crippen LogP contribution is -2.24. The van der Waals surface area contributed by atoms with Crippen LogP contribution in [0.2, 0.25) is 0 Å². The zero-order valence-corrected chi connectivity index (χ0v) is 12.2. The van der Waals surface area contributed by atoms with Crippen molar-refractivity contribution in [2.75, 3.05) is 5.73 Å². The molecule has 2 rings (SSSR count). The molecule has 0 aliphatic carbocycles. The van der Waals surface area contributed by atoms with Gasteiger partial charge < -0.3 is 10.3 Å². The van der Waals surface area contributed by atoms with Gasteiger partial charge in [0.15, 0.2) is 0 Å². The van der Waals surface area contributed by atoms with Crippen molar-refractivity contribution >= 4 is 15.7 Å². The van der Waals surface area contributed by atoms with Gasteiger partial charge in [-0.05, 0) is 31.0 Å². The first-order chi connectivity index (χ1) is 9.42. The van der Waals surface area contributed by atoms with Gasteiger partial charge in [-0.1, -0.05) is 18.1 Å². The van der Waals surface area contributed by atoms with Gasteiger partial charge in [0.1, 0.15) is 5.76 Å². The lowest BCUT2D eigenvalue weighted by molar-refractivity contribution is 0.390. The second-order valence-corrected chi connectivity index (χ2v) is 6.21. The molecule has 0 aliphatic heterocycles. The highest BCUT2D eigenvalue weighted by Gasteiger charge is 2.18. The first kappa shape index (κ1) is 14.5. The van der Waals surface area contributed by atoms with Crippen molar-refractivity contribution in [3.63, 3.8) is 0 Å². The molecule has 7 heteroatoms. The Hall–Kier alpha value is -1.86. The molecule has 0 bridgehead atoms. The minimum atomic E-state index is -3.63. The van der Waals surface area contributed by atoms with Gasteiger partial charge in [0.2, 0.25) is 10.0 Å². The Bertz CT molecular complexity index is 707. The number of hydrogen-bond donors (Lipinski definition) is 2. The van der Waals surface area contributed by atoms with Crippen LogP contribution in [0.25, 0.3) is 0 Å². The number of sulfonamides is 1. The molecule has 0 spiro atoms. The molecule has 2 aromatic rings. The maximum Gasteiger partial charge on any atom is 0.241 e. The summed E-state index contributed by atoms with van der Waals surface area (Å²) in [6, 6.07) is 6.57. The summed E-state index contributed by atoms with van der Waals surface area (Å²) in [6.45, 7) is 3.72. The monoisotopic (exact) mass is 295 g/mol. The van der Waals surface area contributed by atoms with E-state index in [4.69, 9.17) is 10.3 Å². The number of nitrogens with zero attached hydrogens (tertiary/aromatic N) is 1. The Morgan fingerprint density at radius 1 is 1.35 bits per heavy atom. The van der Waals surface area contributed by atoms with Crippen LogP contribution in [0.15, 0.2) is 33.7 Å². The van der Waals surface area contributed by atoms with Crippen molar-refractivity contribution < 1.29 is 12.9 Å². The molecular formula is C13H17N3O3S. The SMILES string of the molecule is CCc1ccc(N)cc1S(=O)(=O)NCc1cc(C)on1. The number of hydrogen-bond acceptors (Lipinski definition) is 5. The van der Waals surface area contributed by atoms with E-state index >= 15 is 0 Å². The molecular weight excluding hydrogens is 278 g/mol. The highest BCUT2D eigenvalue weighted by Crippen LogP contribution is 2.20. The summed E-state index contributed by atoms with van der Waals surface area (Å²) in [5, 5.41) is 3.75. The average Bonchev–Trinajstić information content (AvgIpc) is 2.82. The number of aromatic nitrogens is 1. The molecule has 0 aliphatic rings. The summed E-state index contributed by atoms with van der Waals surface area (Å²) in [4.78, 5) is 0.209. The highest BCUT2D eigenvalue weighted by atomic mass is 32.2. The molecule has 0 saturated heterocycles. The van der Waals surface area contributed by atoms with E-state index < -0.39 is 10.0 Å². The number of nitrogens with one attached hydrogen (secondary N) is 1. The summed E-state index contributed by atoms with van der Waals surface area (Å²) in [5.41, 5.74) is 7.35. The van der Waals surface area contributed by atoms with Crippen molar-refractivity contribution in [3.05, 3.63) is 41.3 Å². The minimum absolute atomic E-state index is 0.0810. The molecule has 108 valence electrons. The lowest BCUT2D eigenvalue weighted by atomic mass is 10.1. The van der Waals surface area contributed by atoms with E-state index in [0.717, 1.165) is 5.56 Å². The van der Waals surface area contributed by atoms with Crippen LogP contribution in [0.1, 0.15) is 23.9 Å². The van der Waals surface area contributed by atoms with E-state index in [0.29, 0.717) is 23.6 Å². The molecule has 1 aromatic heterocycles. The second kappa shape index (κ2) is 5.64. The molecule has 6 nitrogen and oxygen atoms in total. The molecule has 1 heterocycles. The van der Waals surface area contributed by atoms with E-state index in [2.05, 4.69) is 9.88 Å². The van der Waals surface area contributed by atoms with Gasteiger partial charge in [0, 0.05) is 11.8 Å². The third-order valence-electron chi connectivity index (χ3n) is 2.88. The third-order valence-corrected chi connectivity index (χ3v) is 4.37. The maximum absolute atomic E-state index is 12.3. The van der Waals surface area contributed by atoms with Gasteiger partial charge in [0.25, 0.3) is 0 Å². The summed E-state index contributed by atoms with van der Waals surface area (Å²) in [5.74, 6) is 0.636. The molecule has 1 aromatic carbocycles. The Kier molecular flexibility index (Phi) is 4.10. The Labute approximate surface area is 118 Å². The average molecular weight is 295 g/mol. The number of benzene rings is 1. The summed E-state index contributed by atoms with van der Waals surface area (Å²) >= 11 is 0. The van der Waals surface area contributed by atoms with Crippen molar-refractivity contribution in [3.8, 4) is 0 Å². The van der Waals surface area contributed by atoms with E-state index in [-0.39, 0.29) is 11.4 Å². The second-order valence-electron chi connectivity index (χ2n) is 4.47. The van der Waals surface area contributed by atoms with Crippen LogP contribution in [0.3, 0.4) is 0 Å². The molecule has 0 fully saturated rings. The molecule has 3 N–H and O–H groups in total. The quantitative estimate of drug-likeness (QED) is 0.816. The molecule has 0 radical (unpaired) electrons. The van der Waals surface area contributed by atoms with E-state index in [1.807, 2.05) is 6.92 Å². The van der Waals surface area contributed by atoms with Gasteiger partial charge in [-0.15, -0.1) is 0 Å². The van der Waals surface area contributed by atoms with Gasteiger partial charge in [-0.25, -0.2) is 13.1 Å². The Morgan fingerprint density at radius 2 is 2.10 bits per heavy atom. The number of aryl methyl sites for hydroxylation is 2. The zero-order valence-electron chi connectivity index (χ0n) is 11.4. The van der Waals surface area contributed by atoms with Gasteiger partial charge in [0.05, 0.1) is 17.1 Å². The minimum Gasteiger partial charge on any atom is -0.399 e. The summed E-state index contributed by atoms with van der Waals surface area (Å²) in [7, 11) is -3.63. The van der Waals surface area contributed by atoms with Crippen LogP contribution in [-0.4, -0.2) is 13.6 Å². The molecule has 20 heavy (non-hydrogen) atoms. The lowest BCUT2D eigenvalue weighted by Gasteiger charge is -2.10. The Morgan fingerprint density at radius 3 is 2.70 bits per heavy atom. The largest absolute Gasteiger partial charge is 0.399 e.